The summed E-state index contributed by atoms with van der Waals surface area (Å²) in [6, 6.07) is 0. The van der Waals surface area contributed by atoms with Gasteiger partial charge in [-0.2, -0.15) is 0 Å². The van der Waals surface area contributed by atoms with E-state index in [0.29, 0.717) is 40.7 Å². The van der Waals surface area contributed by atoms with Gasteiger partial charge in [0.1, 0.15) is 17.2 Å². The second-order valence-electron chi connectivity index (χ2n) is 6.92. The maximum atomic E-state index is 13.7. The summed E-state index contributed by atoms with van der Waals surface area (Å²) in [6.07, 6.45) is 1.83. The van der Waals surface area contributed by atoms with Crippen molar-refractivity contribution in [2.45, 2.75) is 44.6 Å². The molecule has 2 aliphatic rings. The van der Waals surface area contributed by atoms with E-state index in [1.165, 1.54) is 0 Å². The first-order valence-corrected chi connectivity index (χ1v) is 8.52. The lowest BCUT2D eigenvalue weighted by molar-refractivity contribution is 0.0257. The highest BCUT2D eigenvalue weighted by Gasteiger charge is 2.40. The Morgan fingerprint density at radius 2 is 2.08 bits per heavy atom. The summed E-state index contributed by atoms with van der Waals surface area (Å²) in [5.41, 5.74) is 2.23. The number of rotatable bonds is 4. The lowest BCUT2D eigenvalue weighted by Gasteiger charge is -2.17. The van der Waals surface area contributed by atoms with Crippen molar-refractivity contribution in [2.24, 2.45) is 0 Å². The normalized spacial score (nSPS) is 19.6. The first kappa shape index (κ1) is 15.5. The zero-order chi connectivity index (χ0) is 17.9. The van der Waals surface area contributed by atoms with E-state index in [4.69, 9.17) is 4.63 Å². The van der Waals surface area contributed by atoms with Crippen LogP contribution >= 0.6 is 0 Å². The minimum Gasteiger partial charge on any atom is -0.348 e. The van der Waals surface area contributed by atoms with Gasteiger partial charge in [-0.3, -0.25) is 0 Å². The maximum Gasteiger partial charge on any atom is 0.266 e. The molecule has 4 heterocycles. The SMILES string of the molecule is Cc1nonc1Cn1nnc2c(N3CCC(F)(F)C3)nc(C3CC3)nc21. The molecule has 3 aromatic rings. The van der Waals surface area contributed by atoms with Gasteiger partial charge in [-0.15, -0.1) is 5.10 Å². The summed E-state index contributed by atoms with van der Waals surface area (Å²) in [5.74, 6) is -1.33. The van der Waals surface area contributed by atoms with E-state index in [0.717, 1.165) is 12.8 Å². The highest BCUT2D eigenvalue weighted by molar-refractivity contribution is 5.83. The number of alkyl halides is 2. The molecule has 0 unspecified atom stereocenters. The summed E-state index contributed by atoms with van der Waals surface area (Å²) >= 11 is 0. The van der Waals surface area contributed by atoms with Crippen LogP contribution in [0.1, 0.15) is 42.4 Å². The Balaban J connectivity index is 1.60. The Bertz CT molecular complexity index is 979. The molecule has 0 bridgehead atoms. The van der Waals surface area contributed by atoms with Crippen molar-refractivity contribution in [2.75, 3.05) is 18.0 Å². The van der Waals surface area contributed by atoms with Crippen molar-refractivity contribution >= 4 is 17.0 Å². The van der Waals surface area contributed by atoms with Crippen LogP contribution in [0.15, 0.2) is 4.63 Å². The molecule has 1 saturated carbocycles. The quantitative estimate of drug-likeness (QED) is 0.691. The minimum atomic E-state index is -2.71. The van der Waals surface area contributed by atoms with Gasteiger partial charge in [-0.05, 0) is 19.8 Å². The van der Waals surface area contributed by atoms with Gasteiger partial charge >= 0.3 is 0 Å². The van der Waals surface area contributed by atoms with Crippen LogP contribution in [0.25, 0.3) is 11.2 Å². The molecular formula is C15H16F2N8O. The summed E-state index contributed by atoms with van der Waals surface area (Å²) in [5, 5.41) is 15.9. The molecule has 1 saturated heterocycles. The van der Waals surface area contributed by atoms with Crippen molar-refractivity contribution in [3.63, 3.8) is 0 Å². The average Bonchev–Trinajstić information content (AvgIpc) is 3.12. The summed E-state index contributed by atoms with van der Waals surface area (Å²) in [4.78, 5) is 10.7. The van der Waals surface area contributed by atoms with Crippen LogP contribution in [-0.4, -0.2) is 54.3 Å². The van der Waals surface area contributed by atoms with E-state index in [1.54, 1.807) is 16.5 Å². The van der Waals surface area contributed by atoms with Crippen LogP contribution in [-0.2, 0) is 6.54 Å². The van der Waals surface area contributed by atoms with E-state index < -0.39 is 5.92 Å². The monoisotopic (exact) mass is 362 g/mol. The van der Waals surface area contributed by atoms with E-state index in [9.17, 15) is 8.78 Å². The average molecular weight is 362 g/mol. The van der Waals surface area contributed by atoms with Gasteiger partial charge in [-0.25, -0.2) is 28.1 Å². The maximum absolute atomic E-state index is 13.7. The molecule has 0 spiro atoms. The first-order chi connectivity index (χ1) is 12.5. The topological polar surface area (TPSA) is 98.6 Å². The molecule has 9 nitrogen and oxygen atoms in total. The third-order valence-corrected chi connectivity index (χ3v) is 4.82. The largest absolute Gasteiger partial charge is 0.348 e. The smallest absolute Gasteiger partial charge is 0.266 e. The number of hydrogen-bond donors (Lipinski definition) is 0. The van der Waals surface area contributed by atoms with Crippen LogP contribution in [0.4, 0.5) is 14.6 Å². The van der Waals surface area contributed by atoms with Crippen molar-refractivity contribution in [1.29, 1.82) is 0 Å². The minimum absolute atomic E-state index is 0.185. The van der Waals surface area contributed by atoms with Crippen LogP contribution in [0.5, 0.6) is 0 Å². The summed E-state index contributed by atoms with van der Waals surface area (Å²) in [7, 11) is 0. The molecule has 11 heteroatoms. The third-order valence-electron chi connectivity index (χ3n) is 4.82. The fraction of sp³-hybridized carbons (Fsp3) is 0.600. The highest BCUT2D eigenvalue weighted by Crippen LogP contribution is 2.40. The molecule has 0 aromatic carbocycles. The van der Waals surface area contributed by atoms with Crippen molar-refractivity contribution in [1.82, 2.24) is 35.3 Å². The second kappa shape index (κ2) is 5.39. The third kappa shape index (κ3) is 2.58. The molecule has 3 aromatic heterocycles. The summed E-state index contributed by atoms with van der Waals surface area (Å²) in [6.45, 7) is 1.96. The molecular weight excluding hydrogens is 346 g/mol. The van der Waals surface area contributed by atoms with Crippen LogP contribution in [0.2, 0.25) is 0 Å². The Hall–Kier alpha value is -2.72. The van der Waals surface area contributed by atoms with Gasteiger partial charge in [0, 0.05) is 18.9 Å². The van der Waals surface area contributed by atoms with Gasteiger partial charge < -0.3 is 4.90 Å². The van der Waals surface area contributed by atoms with Gasteiger partial charge in [0.15, 0.2) is 17.0 Å². The molecule has 0 radical (unpaired) electrons. The molecule has 1 aliphatic carbocycles. The molecule has 0 atom stereocenters. The molecule has 0 amide bonds. The van der Waals surface area contributed by atoms with Crippen LogP contribution < -0.4 is 4.90 Å². The van der Waals surface area contributed by atoms with Crippen LogP contribution in [0.3, 0.4) is 0 Å². The Kier molecular flexibility index (Phi) is 3.22. The van der Waals surface area contributed by atoms with Crippen molar-refractivity contribution < 1.29 is 13.4 Å². The van der Waals surface area contributed by atoms with Crippen LogP contribution in [0, 0.1) is 6.92 Å². The van der Waals surface area contributed by atoms with Crippen molar-refractivity contribution in [3.8, 4) is 0 Å². The van der Waals surface area contributed by atoms with E-state index in [1.807, 2.05) is 0 Å². The molecule has 1 aliphatic heterocycles. The molecule has 0 N–H and O–H groups in total. The predicted octanol–water partition coefficient (Wildman–Crippen LogP) is 1.68. The fourth-order valence-electron chi connectivity index (χ4n) is 3.16. The summed E-state index contributed by atoms with van der Waals surface area (Å²) < 4.78 is 33.7. The lowest BCUT2D eigenvalue weighted by atomic mass is 10.3. The second-order valence-corrected chi connectivity index (χ2v) is 6.92. The Morgan fingerprint density at radius 3 is 2.73 bits per heavy atom. The zero-order valence-corrected chi connectivity index (χ0v) is 14.1. The number of halogens is 2. The number of aromatic nitrogens is 7. The fourth-order valence-corrected chi connectivity index (χ4v) is 3.16. The number of nitrogens with zero attached hydrogens (tertiary/aromatic N) is 8. The zero-order valence-electron chi connectivity index (χ0n) is 14.1. The lowest BCUT2D eigenvalue weighted by Crippen LogP contribution is -2.26. The van der Waals surface area contributed by atoms with Gasteiger partial charge in [0.2, 0.25) is 0 Å². The molecule has 136 valence electrons. The molecule has 26 heavy (non-hydrogen) atoms. The number of fused-ring (bicyclic) bond motifs is 1. The van der Waals surface area contributed by atoms with E-state index in [-0.39, 0.29) is 25.4 Å². The van der Waals surface area contributed by atoms with Gasteiger partial charge in [-0.1, -0.05) is 15.5 Å². The van der Waals surface area contributed by atoms with Gasteiger partial charge in [0.05, 0.1) is 13.1 Å². The standard InChI is InChI=1S/C15H16F2N8O/c1-8-10(22-26-21-8)6-25-14-11(20-23-25)13(18-12(19-14)9-2-3-9)24-5-4-15(16,17)7-24/h9H,2-7H2,1H3. The molecule has 2 fully saturated rings. The number of aryl methyl sites for hydroxylation is 1. The van der Waals surface area contributed by atoms with E-state index in [2.05, 4.69) is 30.6 Å². The Morgan fingerprint density at radius 1 is 1.23 bits per heavy atom. The Labute approximate surface area is 146 Å². The highest BCUT2D eigenvalue weighted by atomic mass is 19.3. The van der Waals surface area contributed by atoms with Gasteiger partial charge in [0.25, 0.3) is 5.92 Å². The number of anilines is 1. The number of hydrogen-bond acceptors (Lipinski definition) is 8. The first-order valence-electron chi connectivity index (χ1n) is 8.52. The predicted molar refractivity (Wildman–Crippen MR) is 85.0 cm³/mol. The van der Waals surface area contributed by atoms with Crippen molar-refractivity contribution in [3.05, 3.63) is 17.2 Å². The van der Waals surface area contributed by atoms with E-state index >= 15 is 0 Å². The molecule has 5 rings (SSSR count).